The summed E-state index contributed by atoms with van der Waals surface area (Å²) in [5, 5.41) is 4.02. The van der Waals surface area contributed by atoms with Crippen LogP contribution in [0.5, 0.6) is 11.5 Å². The molecule has 2 aromatic carbocycles. The smallest absolute Gasteiger partial charge is 0.247 e. The predicted molar refractivity (Wildman–Crippen MR) is 119 cm³/mol. The lowest BCUT2D eigenvalue weighted by Crippen LogP contribution is -2.29. The van der Waals surface area contributed by atoms with Crippen LogP contribution in [0.2, 0.25) is 0 Å². The molecule has 0 fully saturated rings. The molecule has 0 spiro atoms. The second-order valence-electron chi connectivity index (χ2n) is 6.83. The number of carbonyl (C=O) groups is 1. The number of ether oxygens (including phenoxy) is 2. The van der Waals surface area contributed by atoms with Crippen LogP contribution in [0.15, 0.2) is 65.7 Å². The first-order chi connectivity index (χ1) is 15.0. The molecule has 0 aliphatic rings. The Hall–Kier alpha value is -3.87. The Morgan fingerprint density at radius 3 is 2.55 bits per heavy atom. The molecule has 1 aromatic heterocycles. The molecule has 160 valence electrons. The van der Waals surface area contributed by atoms with E-state index in [4.69, 9.17) is 14.0 Å². The van der Waals surface area contributed by atoms with Gasteiger partial charge in [-0.05, 0) is 30.7 Å². The Morgan fingerprint density at radius 2 is 1.87 bits per heavy atom. The van der Waals surface area contributed by atoms with E-state index in [0.29, 0.717) is 29.8 Å². The van der Waals surface area contributed by atoms with Gasteiger partial charge in [0.1, 0.15) is 6.54 Å². The fraction of sp³-hybridized carbons (Fsp3) is 0.208. The molecule has 7 heteroatoms. The topological polar surface area (TPSA) is 77.7 Å². The predicted octanol–water partition coefficient (Wildman–Crippen LogP) is 4.29. The van der Waals surface area contributed by atoms with E-state index in [1.54, 1.807) is 43.4 Å². The molecule has 31 heavy (non-hydrogen) atoms. The van der Waals surface area contributed by atoms with Crippen molar-refractivity contribution in [3.05, 3.63) is 78.2 Å². The summed E-state index contributed by atoms with van der Waals surface area (Å²) >= 11 is 0. The Labute approximate surface area is 181 Å². The van der Waals surface area contributed by atoms with Crippen molar-refractivity contribution in [3.63, 3.8) is 0 Å². The van der Waals surface area contributed by atoms with Crippen molar-refractivity contribution in [1.29, 1.82) is 0 Å². The number of amides is 1. The van der Waals surface area contributed by atoms with Crippen LogP contribution in [0, 0.1) is 6.92 Å². The number of nitrogens with zero attached hydrogens (tertiary/aromatic N) is 3. The molecule has 0 radical (unpaired) electrons. The summed E-state index contributed by atoms with van der Waals surface area (Å²) in [4.78, 5) is 18.7. The van der Waals surface area contributed by atoms with Gasteiger partial charge < -0.3 is 18.9 Å². The zero-order chi connectivity index (χ0) is 22.2. The molecule has 0 saturated carbocycles. The largest absolute Gasteiger partial charge is 0.493 e. The SMILES string of the molecule is C=CCN(Cc1nc(-c2ccc(C)cc2)no1)C(=O)/C=C/c1ccc(OC)c(OC)c1. The van der Waals surface area contributed by atoms with Crippen LogP contribution in [-0.2, 0) is 11.3 Å². The van der Waals surface area contributed by atoms with Crippen LogP contribution < -0.4 is 9.47 Å². The molecule has 1 amide bonds. The molecule has 1 heterocycles. The maximum atomic E-state index is 12.7. The van der Waals surface area contributed by atoms with Gasteiger partial charge in [0.25, 0.3) is 0 Å². The van der Waals surface area contributed by atoms with Gasteiger partial charge in [0.15, 0.2) is 11.5 Å². The minimum Gasteiger partial charge on any atom is -0.493 e. The van der Waals surface area contributed by atoms with E-state index in [-0.39, 0.29) is 12.5 Å². The van der Waals surface area contributed by atoms with E-state index in [9.17, 15) is 4.79 Å². The van der Waals surface area contributed by atoms with Gasteiger partial charge in [-0.15, -0.1) is 6.58 Å². The van der Waals surface area contributed by atoms with Gasteiger partial charge in [-0.2, -0.15) is 4.98 Å². The number of benzene rings is 2. The highest BCUT2D eigenvalue weighted by Crippen LogP contribution is 2.28. The number of carbonyl (C=O) groups excluding carboxylic acids is 1. The average Bonchev–Trinajstić information content (AvgIpc) is 3.26. The lowest BCUT2D eigenvalue weighted by Gasteiger charge is -2.16. The van der Waals surface area contributed by atoms with E-state index in [1.807, 2.05) is 37.3 Å². The van der Waals surface area contributed by atoms with E-state index < -0.39 is 0 Å². The fourth-order valence-corrected chi connectivity index (χ4v) is 2.92. The molecule has 0 aliphatic heterocycles. The molecule has 0 unspecified atom stereocenters. The van der Waals surface area contributed by atoms with Crippen LogP contribution in [-0.4, -0.2) is 41.7 Å². The second-order valence-corrected chi connectivity index (χ2v) is 6.83. The average molecular weight is 419 g/mol. The summed E-state index contributed by atoms with van der Waals surface area (Å²) in [7, 11) is 3.14. The highest BCUT2D eigenvalue weighted by atomic mass is 16.5. The van der Waals surface area contributed by atoms with E-state index in [0.717, 1.165) is 16.7 Å². The molecular weight excluding hydrogens is 394 g/mol. The molecule has 0 saturated heterocycles. The zero-order valence-corrected chi connectivity index (χ0v) is 17.9. The summed E-state index contributed by atoms with van der Waals surface area (Å²) in [6, 6.07) is 13.3. The number of aromatic nitrogens is 2. The summed E-state index contributed by atoms with van der Waals surface area (Å²) < 4.78 is 15.9. The summed E-state index contributed by atoms with van der Waals surface area (Å²) in [6.45, 7) is 6.27. The van der Waals surface area contributed by atoms with Crippen molar-refractivity contribution >= 4 is 12.0 Å². The van der Waals surface area contributed by atoms with Gasteiger partial charge in [0, 0.05) is 18.2 Å². The van der Waals surface area contributed by atoms with Gasteiger partial charge >= 0.3 is 0 Å². The maximum absolute atomic E-state index is 12.7. The monoisotopic (exact) mass is 419 g/mol. The van der Waals surface area contributed by atoms with Gasteiger partial charge in [-0.1, -0.05) is 47.1 Å². The third kappa shape index (κ3) is 5.60. The lowest BCUT2D eigenvalue weighted by atomic mass is 10.1. The van der Waals surface area contributed by atoms with Crippen LogP contribution in [0.4, 0.5) is 0 Å². The van der Waals surface area contributed by atoms with Gasteiger partial charge in [-0.25, -0.2) is 0 Å². The molecular formula is C24H25N3O4. The summed E-state index contributed by atoms with van der Waals surface area (Å²) in [6.07, 6.45) is 4.85. The summed E-state index contributed by atoms with van der Waals surface area (Å²) in [5.74, 6) is 1.85. The Kier molecular flexibility index (Phi) is 7.22. The number of hydrogen-bond donors (Lipinski definition) is 0. The third-order valence-corrected chi connectivity index (χ3v) is 4.59. The normalized spacial score (nSPS) is 10.8. The van der Waals surface area contributed by atoms with Crippen molar-refractivity contribution in [3.8, 4) is 22.9 Å². The van der Waals surface area contributed by atoms with Gasteiger partial charge in [0.05, 0.1) is 14.2 Å². The molecule has 3 aromatic rings. The highest BCUT2D eigenvalue weighted by Gasteiger charge is 2.15. The van der Waals surface area contributed by atoms with Crippen LogP contribution in [0.3, 0.4) is 0 Å². The molecule has 0 atom stereocenters. The van der Waals surface area contributed by atoms with Crippen LogP contribution >= 0.6 is 0 Å². The fourth-order valence-electron chi connectivity index (χ4n) is 2.92. The van der Waals surface area contributed by atoms with Crippen LogP contribution in [0.1, 0.15) is 17.0 Å². The number of hydrogen-bond acceptors (Lipinski definition) is 6. The first-order valence-corrected chi connectivity index (χ1v) is 9.73. The van der Waals surface area contributed by atoms with Crippen molar-refractivity contribution < 1.29 is 18.8 Å². The van der Waals surface area contributed by atoms with Crippen LogP contribution in [0.25, 0.3) is 17.5 Å². The number of aryl methyl sites for hydroxylation is 1. The minimum absolute atomic E-state index is 0.181. The number of methoxy groups -OCH3 is 2. The van der Waals surface area contributed by atoms with Crippen molar-refractivity contribution in [2.75, 3.05) is 20.8 Å². The first-order valence-electron chi connectivity index (χ1n) is 9.73. The van der Waals surface area contributed by atoms with E-state index >= 15 is 0 Å². The standard InChI is InChI=1S/C24H25N3O4/c1-5-14-27(16-22-25-24(26-31-22)19-10-6-17(2)7-11-19)23(28)13-9-18-8-12-20(29-3)21(15-18)30-4/h5-13,15H,1,14,16H2,2-4H3/b13-9+. The van der Waals surface area contributed by atoms with E-state index in [2.05, 4.69) is 16.7 Å². The Balaban J connectivity index is 1.71. The van der Waals surface area contributed by atoms with E-state index in [1.165, 1.54) is 6.08 Å². The maximum Gasteiger partial charge on any atom is 0.247 e. The third-order valence-electron chi connectivity index (χ3n) is 4.59. The van der Waals surface area contributed by atoms with Crippen molar-refractivity contribution in [2.24, 2.45) is 0 Å². The Morgan fingerprint density at radius 1 is 1.13 bits per heavy atom. The van der Waals surface area contributed by atoms with Crippen molar-refractivity contribution in [1.82, 2.24) is 15.0 Å². The first kappa shape index (κ1) is 21.8. The molecule has 0 bridgehead atoms. The zero-order valence-electron chi connectivity index (χ0n) is 17.9. The Bertz CT molecular complexity index is 1070. The molecule has 3 rings (SSSR count). The summed E-state index contributed by atoms with van der Waals surface area (Å²) in [5.41, 5.74) is 2.82. The van der Waals surface area contributed by atoms with Crippen molar-refractivity contribution in [2.45, 2.75) is 13.5 Å². The molecule has 7 nitrogen and oxygen atoms in total. The van der Waals surface area contributed by atoms with Gasteiger partial charge in [0.2, 0.25) is 17.6 Å². The lowest BCUT2D eigenvalue weighted by molar-refractivity contribution is -0.126. The molecule has 0 aliphatic carbocycles. The van der Waals surface area contributed by atoms with Gasteiger partial charge in [-0.3, -0.25) is 4.79 Å². The molecule has 0 N–H and O–H groups in total. The minimum atomic E-state index is -0.204. The quantitative estimate of drug-likeness (QED) is 0.380. The highest BCUT2D eigenvalue weighted by molar-refractivity contribution is 5.91. The second kappa shape index (κ2) is 10.2. The number of rotatable bonds is 9.